The Bertz CT molecular complexity index is 1050. The number of rotatable bonds is 7. The molecule has 0 spiro atoms. The number of benzene rings is 1. The van der Waals surface area contributed by atoms with Gasteiger partial charge in [-0.2, -0.15) is 5.10 Å². The van der Waals surface area contributed by atoms with E-state index in [-0.39, 0.29) is 12.6 Å². The summed E-state index contributed by atoms with van der Waals surface area (Å²) < 4.78 is 15.0. The number of carboxylic acids is 1. The molecular weight excluding hydrogens is 375 g/mol. The van der Waals surface area contributed by atoms with Crippen LogP contribution in [0.25, 0.3) is 11.0 Å². The van der Waals surface area contributed by atoms with E-state index in [2.05, 4.69) is 10.1 Å². The lowest BCUT2D eigenvalue weighted by molar-refractivity contribution is -0.137. The van der Waals surface area contributed by atoms with E-state index in [0.717, 1.165) is 6.42 Å². The maximum absolute atomic E-state index is 13.3. The van der Waals surface area contributed by atoms with Gasteiger partial charge < -0.3 is 10.0 Å². The molecule has 1 amide bonds. The number of carbonyl (C=O) groups excluding carboxylic acids is 1. The number of amides is 1. The van der Waals surface area contributed by atoms with Gasteiger partial charge in [0.15, 0.2) is 5.65 Å². The number of nitrogens with zero attached hydrogens (tertiary/aromatic N) is 4. The molecule has 152 valence electrons. The zero-order valence-corrected chi connectivity index (χ0v) is 16.6. The molecule has 3 rings (SSSR count). The summed E-state index contributed by atoms with van der Waals surface area (Å²) in [5.74, 6) is -1.96. The summed E-state index contributed by atoms with van der Waals surface area (Å²) in [5.41, 5.74) is 2.23. The zero-order valence-electron chi connectivity index (χ0n) is 16.6. The van der Waals surface area contributed by atoms with Gasteiger partial charge in [0.2, 0.25) is 0 Å². The lowest BCUT2D eigenvalue weighted by Gasteiger charge is -2.21. The van der Waals surface area contributed by atoms with Gasteiger partial charge in [0.25, 0.3) is 5.91 Å². The predicted molar refractivity (Wildman–Crippen MR) is 106 cm³/mol. The standard InChI is InChI=1S/C21H23FN4O3/c1-4-14(3)26-20-18(10-23-26)17(9-13(2)24-20)21(29)25(12-19(27)28)11-15-5-7-16(22)8-6-15/h5-10,14H,4,11-12H2,1-3H3,(H,27,28). The summed E-state index contributed by atoms with van der Waals surface area (Å²) in [6.07, 6.45) is 2.45. The van der Waals surface area contributed by atoms with Crippen molar-refractivity contribution in [3.05, 3.63) is 59.2 Å². The van der Waals surface area contributed by atoms with Gasteiger partial charge in [-0.3, -0.25) is 9.59 Å². The van der Waals surface area contributed by atoms with E-state index in [1.807, 2.05) is 13.8 Å². The number of pyridine rings is 1. The first kappa shape index (κ1) is 20.4. The first-order valence-electron chi connectivity index (χ1n) is 9.40. The second kappa shape index (κ2) is 8.38. The Morgan fingerprint density at radius 2 is 1.97 bits per heavy atom. The highest BCUT2D eigenvalue weighted by Gasteiger charge is 2.24. The van der Waals surface area contributed by atoms with Crippen LogP contribution in [0.15, 0.2) is 36.5 Å². The van der Waals surface area contributed by atoms with Crippen LogP contribution in [0.2, 0.25) is 0 Å². The van der Waals surface area contributed by atoms with Crippen molar-refractivity contribution in [2.24, 2.45) is 0 Å². The van der Waals surface area contributed by atoms with E-state index in [1.54, 1.807) is 23.9 Å². The number of fused-ring (bicyclic) bond motifs is 1. The molecule has 0 aliphatic heterocycles. The van der Waals surface area contributed by atoms with Crippen LogP contribution < -0.4 is 0 Å². The van der Waals surface area contributed by atoms with Crippen LogP contribution in [0.3, 0.4) is 0 Å². The van der Waals surface area contributed by atoms with Crippen LogP contribution in [0, 0.1) is 12.7 Å². The molecule has 8 heteroatoms. The van der Waals surface area contributed by atoms with Gasteiger partial charge in [0.05, 0.1) is 23.2 Å². The van der Waals surface area contributed by atoms with Crippen molar-refractivity contribution in [3.8, 4) is 0 Å². The quantitative estimate of drug-likeness (QED) is 0.657. The van der Waals surface area contributed by atoms with Gasteiger partial charge in [-0.25, -0.2) is 14.1 Å². The van der Waals surface area contributed by atoms with Crippen molar-refractivity contribution in [1.82, 2.24) is 19.7 Å². The number of aliphatic carboxylic acids is 1. The Morgan fingerprint density at radius 3 is 2.59 bits per heavy atom. The molecule has 0 saturated carbocycles. The first-order chi connectivity index (χ1) is 13.8. The van der Waals surface area contributed by atoms with E-state index >= 15 is 0 Å². The van der Waals surface area contributed by atoms with Crippen molar-refractivity contribution in [1.29, 1.82) is 0 Å². The molecule has 0 aliphatic rings. The van der Waals surface area contributed by atoms with E-state index in [1.165, 1.54) is 29.2 Å². The minimum Gasteiger partial charge on any atom is -0.480 e. The topological polar surface area (TPSA) is 88.3 Å². The lowest BCUT2D eigenvalue weighted by Crippen LogP contribution is -2.35. The predicted octanol–water partition coefficient (Wildman–Crippen LogP) is 3.58. The fourth-order valence-corrected chi connectivity index (χ4v) is 3.16. The molecule has 0 bridgehead atoms. The van der Waals surface area contributed by atoms with Crippen LogP contribution in [0.5, 0.6) is 0 Å². The Balaban J connectivity index is 2.02. The van der Waals surface area contributed by atoms with Crippen LogP contribution in [-0.2, 0) is 11.3 Å². The van der Waals surface area contributed by atoms with Crippen molar-refractivity contribution in [2.45, 2.75) is 39.8 Å². The second-order valence-electron chi connectivity index (χ2n) is 7.08. The van der Waals surface area contributed by atoms with Crippen molar-refractivity contribution in [2.75, 3.05) is 6.54 Å². The van der Waals surface area contributed by atoms with Gasteiger partial charge in [0.1, 0.15) is 12.4 Å². The maximum Gasteiger partial charge on any atom is 0.323 e. The third kappa shape index (κ3) is 4.42. The fourth-order valence-electron chi connectivity index (χ4n) is 3.16. The summed E-state index contributed by atoms with van der Waals surface area (Å²) in [7, 11) is 0. The molecule has 0 aliphatic carbocycles. The van der Waals surface area contributed by atoms with Gasteiger partial charge in [-0.15, -0.1) is 0 Å². The van der Waals surface area contributed by atoms with Crippen molar-refractivity contribution < 1.29 is 19.1 Å². The molecule has 7 nitrogen and oxygen atoms in total. The van der Waals surface area contributed by atoms with Crippen LogP contribution in [-0.4, -0.2) is 43.2 Å². The Labute approximate surface area is 167 Å². The Morgan fingerprint density at radius 1 is 1.28 bits per heavy atom. The fraction of sp³-hybridized carbons (Fsp3) is 0.333. The third-order valence-corrected chi connectivity index (χ3v) is 4.83. The summed E-state index contributed by atoms with van der Waals surface area (Å²) in [6.45, 7) is 5.42. The summed E-state index contributed by atoms with van der Waals surface area (Å²) in [6, 6.07) is 7.39. The summed E-state index contributed by atoms with van der Waals surface area (Å²) in [5, 5.41) is 14.3. The molecule has 1 aromatic carbocycles. The van der Waals surface area contributed by atoms with Crippen LogP contribution >= 0.6 is 0 Å². The minimum absolute atomic E-state index is 0.0494. The van der Waals surface area contributed by atoms with Crippen LogP contribution in [0.4, 0.5) is 4.39 Å². The number of aromatic nitrogens is 3. The highest BCUT2D eigenvalue weighted by atomic mass is 19.1. The molecule has 1 N–H and O–H groups in total. The number of carboxylic acid groups (broad SMARTS) is 1. The summed E-state index contributed by atoms with van der Waals surface area (Å²) in [4.78, 5) is 30.4. The van der Waals surface area contributed by atoms with Crippen molar-refractivity contribution >= 4 is 22.9 Å². The second-order valence-corrected chi connectivity index (χ2v) is 7.08. The highest BCUT2D eigenvalue weighted by molar-refractivity contribution is 6.06. The molecule has 1 unspecified atom stereocenters. The molecule has 0 radical (unpaired) electrons. The molecule has 0 fully saturated rings. The normalized spacial score (nSPS) is 12.1. The van der Waals surface area contributed by atoms with Crippen LogP contribution in [0.1, 0.15) is 47.9 Å². The van der Waals surface area contributed by atoms with E-state index in [9.17, 15) is 19.1 Å². The SMILES string of the molecule is CCC(C)n1ncc2c(C(=O)N(CC(=O)O)Cc3ccc(F)cc3)cc(C)nc21. The minimum atomic E-state index is -1.13. The monoisotopic (exact) mass is 398 g/mol. The lowest BCUT2D eigenvalue weighted by atomic mass is 10.1. The first-order valence-corrected chi connectivity index (χ1v) is 9.40. The molecule has 29 heavy (non-hydrogen) atoms. The van der Waals surface area contributed by atoms with E-state index in [4.69, 9.17) is 0 Å². The molecule has 1 atom stereocenters. The number of hydrogen-bond acceptors (Lipinski definition) is 4. The van der Waals surface area contributed by atoms with Gasteiger partial charge in [-0.1, -0.05) is 19.1 Å². The molecule has 3 aromatic rings. The Kier molecular flexibility index (Phi) is 5.91. The number of carbonyl (C=O) groups is 2. The smallest absolute Gasteiger partial charge is 0.323 e. The van der Waals surface area contributed by atoms with E-state index < -0.39 is 24.2 Å². The number of aryl methyl sites for hydroxylation is 1. The molecule has 0 saturated heterocycles. The van der Waals surface area contributed by atoms with E-state index in [0.29, 0.717) is 27.9 Å². The largest absolute Gasteiger partial charge is 0.480 e. The molecule has 2 heterocycles. The third-order valence-electron chi connectivity index (χ3n) is 4.83. The number of halogens is 1. The Hall–Kier alpha value is -3.29. The maximum atomic E-state index is 13.3. The number of hydrogen-bond donors (Lipinski definition) is 1. The highest BCUT2D eigenvalue weighted by Crippen LogP contribution is 2.24. The zero-order chi connectivity index (χ0) is 21.1. The molecule has 2 aromatic heterocycles. The van der Waals surface area contributed by atoms with Gasteiger partial charge in [-0.05, 0) is 44.0 Å². The average molecular weight is 398 g/mol. The summed E-state index contributed by atoms with van der Waals surface area (Å²) >= 11 is 0. The van der Waals surface area contributed by atoms with Gasteiger partial charge in [0, 0.05) is 12.2 Å². The van der Waals surface area contributed by atoms with Gasteiger partial charge >= 0.3 is 5.97 Å². The molecular formula is C21H23FN4O3. The average Bonchev–Trinajstić information content (AvgIpc) is 3.10. The van der Waals surface area contributed by atoms with Crippen molar-refractivity contribution in [3.63, 3.8) is 0 Å².